The summed E-state index contributed by atoms with van der Waals surface area (Å²) in [5.41, 5.74) is 14.0. The Morgan fingerprint density at radius 2 is 1.86 bits per heavy atom. The van der Waals surface area contributed by atoms with Gasteiger partial charge in [-0.1, -0.05) is 12.1 Å². The molecule has 0 spiro atoms. The summed E-state index contributed by atoms with van der Waals surface area (Å²) in [6.07, 6.45) is 1.61. The Balaban J connectivity index is 2.21. The van der Waals surface area contributed by atoms with Crippen LogP contribution in [0.15, 0.2) is 42.6 Å². The van der Waals surface area contributed by atoms with Crippen LogP contribution in [0.5, 0.6) is 5.88 Å². The van der Waals surface area contributed by atoms with Gasteiger partial charge in [-0.2, -0.15) is 5.10 Å². The molecule has 0 fully saturated rings. The molecule has 8 nitrogen and oxygen atoms in total. The predicted molar refractivity (Wildman–Crippen MR) is 110 cm³/mol. The zero-order chi connectivity index (χ0) is 20.5. The number of carbonyl (C=O) groups excluding carboxylic acids is 1. The summed E-state index contributed by atoms with van der Waals surface area (Å²) in [6, 6.07) is 10.7. The van der Waals surface area contributed by atoms with Crippen LogP contribution in [-0.4, -0.2) is 27.8 Å². The Kier molecular flexibility index (Phi) is 4.96. The van der Waals surface area contributed by atoms with Crippen LogP contribution < -0.4 is 21.5 Å². The number of methoxy groups -OCH3 is 1. The van der Waals surface area contributed by atoms with Crippen molar-refractivity contribution in [2.75, 3.05) is 18.2 Å². The number of pyridine rings is 1. The topological polar surface area (TPSA) is 121 Å². The fraction of sp³-hybridized carbons (Fsp3) is 0.250. The Morgan fingerprint density at radius 1 is 1.18 bits per heavy atom. The van der Waals surface area contributed by atoms with Crippen molar-refractivity contribution in [1.29, 1.82) is 0 Å². The van der Waals surface area contributed by atoms with E-state index >= 15 is 0 Å². The standard InChI is InChI=1S/C20H24N6O2/c1-20(2,3)26-19(24-14-9-10-23-15(11-14)28-4)16(18(22)27)17(25-26)12-5-7-13(21)8-6-12/h5-11H,21H2,1-4H3,(H2,22,27)(H,23,24). The molecule has 5 N–H and O–H groups in total. The van der Waals surface area contributed by atoms with Gasteiger partial charge in [-0.25, -0.2) is 9.67 Å². The lowest BCUT2D eigenvalue weighted by Gasteiger charge is -2.23. The van der Waals surface area contributed by atoms with Crippen molar-refractivity contribution >= 4 is 23.1 Å². The molecule has 0 unspecified atom stereocenters. The lowest BCUT2D eigenvalue weighted by Crippen LogP contribution is -2.25. The molecule has 1 aromatic carbocycles. The van der Waals surface area contributed by atoms with E-state index in [4.69, 9.17) is 21.3 Å². The number of amides is 1. The Bertz CT molecular complexity index is 1000. The number of nitrogens with two attached hydrogens (primary N) is 2. The van der Waals surface area contributed by atoms with Gasteiger partial charge >= 0.3 is 0 Å². The van der Waals surface area contributed by atoms with Gasteiger partial charge in [0.25, 0.3) is 5.91 Å². The van der Waals surface area contributed by atoms with E-state index < -0.39 is 11.4 Å². The lowest BCUT2D eigenvalue weighted by atomic mass is 10.1. The maximum absolute atomic E-state index is 12.4. The molecule has 0 aliphatic rings. The number of nitrogens with one attached hydrogen (secondary N) is 1. The quantitative estimate of drug-likeness (QED) is 0.585. The number of primary amides is 1. The van der Waals surface area contributed by atoms with Gasteiger partial charge in [-0.15, -0.1) is 0 Å². The summed E-state index contributed by atoms with van der Waals surface area (Å²) in [7, 11) is 1.54. The zero-order valence-corrected chi connectivity index (χ0v) is 16.4. The van der Waals surface area contributed by atoms with Crippen LogP contribution in [0.2, 0.25) is 0 Å². The van der Waals surface area contributed by atoms with Crippen LogP contribution in [0.1, 0.15) is 31.1 Å². The van der Waals surface area contributed by atoms with Crippen LogP contribution in [0.3, 0.4) is 0 Å². The highest BCUT2D eigenvalue weighted by molar-refractivity contribution is 6.04. The minimum atomic E-state index is -0.578. The fourth-order valence-electron chi connectivity index (χ4n) is 2.83. The molecule has 0 aliphatic heterocycles. The largest absolute Gasteiger partial charge is 0.481 e. The number of nitrogens with zero attached hydrogens (tertiary/aromatic N) is 3. The van der Waals surface area contributed by atoms with Gasteiger partial charge in [0, 0.05) is 29.2 Å². The summed E-state index contributed by atoms with van der Waals surface area (Å²) in [5, 5.41) is 7.97. The third kappa shape index (κ3) is 3.75. The number of rotatable bonds is 5. The maximum Gasteiger partial charge on any atom is 0.254 e. The number of nitrogen functional groups attached to an aromatic ring is 1. The molecule has 2 heterocycles. The molecule has 0 radical (unpaired) electrons. The Hall–Kier alpha value is -3.55. The molecule has 1 amide bonds. The highest BCUT2D eigenvalue weighted by atomic mass is 16.5. The summed E-state index contributed by atoms with van der Waals surface area (Å²) >= 11 is 0. The SMILES string of the molecule is COc1cc(Nc2c(C(N)=O)c(-c3ccc(N)cc3)nn2C(C)(C)C)ccn1. The first-order valence-electron chi connectivity index (χ1n) is 8.77. The first-order valence-corrected chi connectivity index (χ1v) is 8.77. The Labute approximate surface area is 163 Å². The molecular weight excluding hydrogens is 356 g/mol. The van der Waals surface area contributed by atoms with Gasteiger partial charge in [0.05, 0.1) is 12.6 Å². The number of anilines is 3. The van der Waals surface area contributed by atoms with Crippen molar-refractivity contribution in [3.8, 4) is 17.1 Å². The van der Waals surface area contributed by atoms with E-state index in [1.807, 2.05) is 32.9 Å². The van der Waals surface area contributed by atoms with Crippen molar-refractivity contribution in [1.82, 2.24) is 14.8 Å². The molecule has 3 aromatic rings. The van der Waals surface area contributed by atoms with Crippen LogP contribution in [0, 0.1) is 0 Å². The van der Waals surface area contributed by atoms with Crippen molar-refractivity contribution in [2.24, 2.45) is 5.73 Å². The van der Waals surface area contributed by atoms with Crippen LogP contribution in [0.25, 0.3) is 11.3 Å². The van der Waals surface area contributed by atoms with Gasteiger partial charge in [0.1, 0.15) is 17.1 Å². The second-order valence-corrected chi connectivity index (χ2v) is 7.35. The molecule has 0 saturated heterocycles. The van der Waals surface area contributed by atoms with Gasteiger partial charge in [0.2, 0.25) is 5.88 Å². The van der Waals surface area contributed by atoms with E-state index in [1.165, 1.54) is 0 Å². The summed E-state index contributed by atoms with van der Waals surface area (Å²) in [6.45, 7) is 5.99. The van der Waals surface area contributed by atoms with E-state index in [2.05, 4.69) is 10.3 Å². The van der Waals surface area contributed by atoms with Crippen LogP contribution in [-0.2, 0) is 5.54 Å². The van der Waals surface area contributed by atoms with E-state index in [9.17, 15) is 4.79 Å². The van der Waals surface area contributed by atoms with Crippen molar-refractivity contribution in [2.45, 2.75) is 26.3 Å². The minimum absolute atomic E-state index is 0.301. The smallest absolute Gasteiger partial charge is 0.254 e. The minimum Gasteiger partial charge on any atom is -0.481 e. The Morgan fingerprint density at radius 3 is 2.43 bits per heavy atom. The van der Waals surface area contributed by atoms with E-state index in [1.54, 1.807) is 42.3 Å². The highest BCUT2D eigenvalue weighted by Gasteiger charge is 2.28. The van der Waals surface area contributed by atoms with Crippen molar-refractivity contribution in [3.63, 3.8) is 0 Å². The van der Waals surface area contributed by atoms with E-state index in [0.29, 0.717) is 34.3 Å². The molecule has 0 saturated carbocycles. The van der Waals surface area contributed by atoms with Gasteiger partial charge in [-0.3, -0.25) is 4.79 Å². The molecule has 2 aromatic heterocycles. The normalized spacial score (nSPS) is 11.3. The summed E-state index contributed by atoms with van der Waals surface area (Å²) < 4.78 is 6.93. The number of hydrogen-bond acceptors (Lipinski definition) is 6. The first-order chi connectivity index (χ1) is 13.2. The van der Waals surface area contributed by atoms with E-state index in [-0.39, 0.29) is 0 Å². The molecule has 0 bridgehead atoms. The first kappa shape index (κ1) is 19.2. The molecule has 0 atom stereocenters. The number of carbonyl (C=O) groups is 1. The molecule has 8 heteroatoms. The fourth-order valence-corrected chi connectivity index (χ4v) is 2.83. The third-order valence-corrected chi connectivity index (χ3v) is 4.16. The second kappa shape index (κ2) is 7.22. The van der Waals surface area contributed by atoms with Gasteiger partial charge in [0.15, 0.2) is 0 Å². The molecule has 3 rings (SSSR count). The molecule has 28 heavy (non-hydrogen) atoms. The maximum atomic E-state index is 12.4. The number of aromatic nitrogens is 3. The lowest BCUT2D eigenvalue weighted by molar-refractivity contribution is 0.100. The monoisotopic (exact) mass is 380 g/mol. The highest BCUT2D eigenvalue weighted by Crippen LogP contribution is 2.34. The van der Waals surface area contributed by atoms with Crippen LogP contribution >= 0.6 is 0 Å². The molecular formula is C20H24N6O2. The van der Waals surface area contributed by atoms with Gasteiger partial charge in [-0.05, 0) is 39.0 Å². The third-order valence-electron chi connectivity index (χ3n) is 4.16. The molecule has 0 aliphatic carbocycles. The van der Waals surface area contributed by atoms with Gasteiger partial charge < -0.3 is 21.5 Å². The van der Waals surface area contributed by atoms with Crippen molar-refractivity contribution < 1.29 is 9.53 Å². The number of benzene rings is 1. The van der Waals surface area contributed by atoms with Crippen LogP contribution in [0.4, 0.5) is 17.2 Å². The molecule has 146 valence electrons. The summed E-state index contributed by atoms with van der Waals surface area (Å²) in [5.74, 6) is 0.372. The van der Waals surface area contributed by atoms with Crippen molar-refractivity contribution in [3.05, 3.63) is 48.2 Å². The zero-order valence-electron chi connectivity index (χ0n) is 16.4. The summed E-state index contributed by atoms with van der Waals surface area (Å²) in [4.78, 5) is 16.5. The number of hydrogen-bond donors (Lipinski definition) is 3. The predicted octanol–water partition coefficient (Wildman–Crippen LogP) is 3.13. The average molecular weight is 380 g/mol. The average Bonchev–Trinajstić information content (AvgIpc) is 3.02. The van der Waals surface area contributed by atoms with E-state index in [0.717, 1.165) is 5.56 Å². The second-order valence-electron chi connectivity index (χ2n) is 7.35. The number of ether oxygens (including phenoxy) is 1.